The molecule has 100 valence electrons. The second-order valence-electron chi connectivity index (χ2n) is 5.01. The summed E-state index contributed by atoms with van der Waals surface area (Å²) in [5.41, 5.74) is 5.18. The summed E-state index contributed by atoms with van der Waals surface area (Å²) < 4.78 is 38.6. The van der Waals surface area contributed by atoms with Crippen LogP contribution < -0.4 is 11.1 Å². The predicted molar refractivity (Wildman–Crippen MR) is 66.3 cm³/mol. The molecule has 0 unspecified atom stereocenters. The number of hydrogen-bond donors (Lipinski definition) is 2. The molecule has 0 heterocycles. The third-order valence-corrected chi connectivity index (χ3v) is 3.71. The first-order chi connectivity index (χ1) is 8.36. The highest BCUT2D eigenvalue weighted by Crippen LogP contribution is 2.49. The summed E-state index contributed by atoms with van der Waals surface area (Å²) in [5, 5.41) is 2.93. The van der Waals surface area contributed by atoms with Crippen LogP contribution in [-0.2, 0) is 6.18 Å². The van der Waals surface area contributed by atoms with Crippen molar-refractivity contribution in [3.8, 4) is 0 Å². The number of benzene rings is 1. The van der Waals surface area contributed by atoms with Crippen LogP contribution in [0.4, 0.5) is 24.5 Å². The molecule has 3 N–H and O–H groups in total. The predicted octanol–water partition coefficient (Wildman–Crippen LogP) is 3.89. The third kappa shape index (κ3) is 2.71. The van der Waals surface area contributed by atoms with Gasteiger partial charge in [0.1, 0.15) is 0 Å². The van der Waals surface area contributed by atoms with Gasteiger partial charge < -0.3 is 11.1 Å². The fraction of sp³-hybridized carbons (Fsp3) is 0.538. The van der Waals surface area contributed by atoms with Crippen molar-refractivity contribution in [3.63, 3.8) is 0 Å². The molecule has 1 aromatic carbocycles. The summed E-state index contributed by atoms with van der Waals surface area (Å²) in [5.74, 6) is 0. The number of alkyl halides is 3. The van der Waals surface area contributed by atoms with E-state index in [0.29, 0.717) is 6.54 Å². The van der Waals surface area contributed by atoms with E-state index < -0.39 is 11.7 Å². The molecule has 2 rings (SSSR count). The molecule has 0 bridgehead atoms. The van der Waals surface area contributed by atoms with Crippen molar-refractivity contribution in [1.82, 2.24) is 0 Å². The van der Waals surface area contributed by atoms with Crippen LogP contribution >= 0.6 is 0 Å². The lowest BCUT2D eigenvalue weighted by molar-refractivity contribution is -0.136. The van der Waals surface area contributed by atoms with E-state index in [4.69, 9.17) is 5.73 Å². The van der Waals surface area contributed by atoms with Crippen LogP contribution in [0.15, 0.2) is 18.2 Å². The van der Waals surface area contributed by atoms with Gasteiger partial charge in [0.05, 0.1) is 5.56 Å². The summed E-state index contributed by atoms with van der Waals surface area (Å²) in [4.78, 5) is 0. The first-order valence-corrected chi connectivity index (χ1v) is 6.07. The van der Waals surface area contributed by atoms with Gasteiger partial charge in [0, 0.05) is 17.9 Å². The van der Waals surface area contributed by atoms with Crippen molar-refractivity contribution >= 4 is 11.4 Å². The Morgan fingerprint density at radius 2 is 2.00 bits per heavy atom. The van der Waals surface area contributed by atoms with Crippen LogP contribution in [0.5, 0.6) is 0 Å². The normalized spacial score (nSPS) is 17.6. The van der Waals surface area contributed by atoms with E-state index in [1.807, 2.05) is 0 Å². The molecule has 1 saturated carbocycles. The van der Waals surface area contributed by atoms with Gasteiger partial charge >= 0.3 is 6.18 Å². The highest BCUT2D eigenvalue weighted by atomic mass is 19.4. The van der Waals surface area contributed by atoms with E-state index in [-0.39, 0.29) is 16.8 Å². The summed E-state index contributed by atoms with van der Waals surface area (Å²) >= 11 is 0. The van der Waals surface area contributed by atoms with Crippen LogP contribution in [0, 0.1) is 5.41 Å². The SMILES string of the molecule is CCC1(CNc2ccc(N)cc2C(F)(F)F)CC1. The van der Waals surface area contributed by atoms with Gasteiger partial charge in [-0.1, -0.05) is 6.92 Å². The summed E-state index contributed by atoms with van der Waals surface area (Å²) in [7, 11) is 0. The van der Waals surface area contributed by atoms with Crippen LogP contribution in [0.25, 0.3) is 0 Å². The molecule has 1 fully saturated rings. The van der Waals surface area contributed by atoms with Gasteiger partial charge in [-0.15, -0.1) is 0 Å². The van der Waals surface area contributed by atoms with Crippen molar-refractivity contribution < 1.29 is 13.2 Å². The standard InChI is InChI=1S/C13H17F3N2/c1-2-12(5-6-12)8-18-11-4-3-9(17)7-10(11)13(14,15)16/h3-4,7,18H,2,5-6,8,17H2,1H3. The highest BCUT2D eigenvalue weighted by molar-refractivity contribution is 5.59. The van der Waals surface area contributed by atoms with Crippen LogP contribution in [0.1, 0.15) is 31.7 Å². The molecule has 1 aliphatic rings. The molecule has 0 saturated heterocycles. The second kappa shape index (κ2) is 4.37. The Morgan fingerprint density at radius 1 is 1.33 bits per heavy atom. The highest BCUT2D eigenvalue weighted by Gasteiger charge is 2.41. The Morgan fingerprint density at radius 3 is 2.50 bits per heavy atom. The van der Waals surface area contributed by atoms with Crippen molar-refractivity contribution in [2.75, 3.05) is 17.6 Å². The molecule has 0 aromatic heterocycles. The molecule has 5 heteroatoms. The lowest BCUT2D eigenvalue weighted by atomic mass is 10.0. The van der Waals surface area contributed by atoms with E-state index in [1.165, 1.54) is 12.1 Å². The first kappa shape index (κ1) is 13.1. The van der Waals surface area contributed by atoms with Crippen molar-refractivity contribution in [2.24, 2.45) is 5.41 Å². The fourth-order valence-corrected chi connectivity index (χ4v) is 2.07. The van der Waals surface area contributed by atoms with Crippen molar-refractivity contribution in [1.29, 1.82) is 0 Å². The maximum atomic E-state index is 12.9. The number of nitrogens with two attached hydrogens (primary N) is 1. The number of anilines is 2. The number of rotatable bonds is 4. The average Bonchev–Trinajstić information content (AvgIpc) is 3.07. The minimum Gasteiger partial charge on any atom is -0.399 e. The number of halogens is 3. The van der Waals surface area contributed by atoms with E-state index >= 15 is 0 Å². The second-order valence-corrected chi connectivity index (χ2v) is 5.01. The van der Waals surface area contributed by atoms with E-state index in [1.54, 1.807) is 0 Å². The molecule has 2 nitrogen and oxygen atoms in total. The topological polar surface area (TPSA) is 38.0 Å². The molecular formula is C13H17F3N2. The molecule has 1 aromatic rings. The van der Waals surface area contributed by atoms with Gasteiger partial charge in [0.15, 0.2) is 0 Å². The molecule has 0 radical (unpaired) electrons. The molecule has 18 heavy (non-hydrogen) atoms. The summed E-state index contributed by atoms with van der Waals surface area (Å²) in [6, 6.07) is 3.88. The van der Waals surface area contributed by atoms with Crippen LogP contribution in [-0.4, -0.2) is 6.54 Å². The Bertz CT molecular complexity index is 436. The average molecular weight is 258 g/mol. The zero-order valence-electron chi connectivity index (χ0n) is 10.3. The largest absolute Gasteiger partial charge is 0.418 e. The molecule has 0 aliphatic heterocycles. The third-order valence-electron chi connectivity index (χ3n) is 3.71. The van der Waals surface area contributed by atoms with Gasteiger partial charge in [0.25, 0.3) is 0 Å². The fourth-order valence-electron chi connectivity index (χ4n) is 2.07. The first-order valence-electron chi connectivity index (χ1n) is 6.07. The number of nitrogen functional groups attached to an aromatic ring is 1. The van der Waals surface area contributed by atoms with E-state index in [2.05, 4.69) is 12.2 Å². The molecule has 0 amide bonds. The minimum absolute atomic E-state index is 0.122. The van der Waals surface area contributed by atoms with Gasteiger partial charge in [0.2, 0.25) is 0 Å². The molecule has 0 spiro atoms. The Labute approximate surface area is 104 Å². The minimum atomic E-state index is -4.37. The summed E-state index contributed by atoms with van der Waals surface area (Å²) in [6.07, 6.45) is -1.20. The number of nitrogens with one attached hydrogen (secondary N) is 1. The zero-order chi connectivity index (χ0) is 13.4. The molecule has 0 atom stereocenters. The van der Waals surface area contributed by atoms with E-state index in [0.717, 1.165) is 25.3 Å². The zero-order valence-corrected chi connectivity index (χ0v) is 10.3. The van der Waals surface area contributed by atoms with Gasteiger partial charge in [-0.2, -0.15) is 13.2 Å². The Balaban J connectivity index is 2.17. The lowest BCUT2D eigenvalue weighted by Crippen LogP contribution is -2.18. The van der Waals surface area contributed by atoms with Crippen LogP contribution in [0.2, 0.25) is 0 Å². The summed E-state index contributed by atoms with van der Waals surface area (Å²) in [6.45, 7) is 2.67. The van der Waals surface area contributed by atoms with Gasteiger partial charge in [-0.05, 0) is 42.9 Å². The maximum absolute atomic E-state index is 12.9. The monoisotopic (exact) mass is 258 g/mol. The Kier molecular flexibility index (Phi) is 3.17. The quantitative estimate of drug-likeness (QED) is 0.804. The van der Waals surface area contributed by atoms with Gasteiger partial charge in [-0.25, -0.2) is 0 Å². The van der Waals surface area contributed by atoms with Crippen LogP contribution in [0.3, 0.4) is 0 Å². The maximum Gasteiger partial charge on any atom is 0.418 e. The Hall–Kier alpha value is -1.39. The van der Waals surface area contributed by atoms with Gasteiger partial charge in [-0.3, -0.25) is 0 Å². The smallest absolute Gasteiger partial charge is 0.399 e. The van der Waals surface area contributed by atoms with Crippen molar-refractivity contribution in [2.45, 2.75) is 32.4 Å². The van der Waals surface area contributed by atoms with E-state index in [9.17, 15) is 13.2 Å². The number of hydrogen-bond acceptors (Lipinski definition) is 2. The lowest BCUT2D eigenvalue weighted by Gasteiger charge is -2.18. The molecular weight excluding hydrogens is 241 g/mol. The van der Waals surface area contributed by atoms with Crippen molar-refractivity contribution in [3.05, 3.63) is 23.8 Å². The molecule has 1 aliphatic carbocycles.